The highest BCUT2D eigenvalue weighted by atomic mass is 32.2. The average Bonchev–Trinajstić information content (AvgIpc) is 3.29. The molecule has 8 nitrogen and oxygen atoms in total. The van der Waals surface area contributed by atoms with Crippen molar-refractivity contribution in [3.05, 3.63) is 60.1 Å². The van der Waals surface area contributed by atoms with Gasteiger partial charge in [-0.25, -0.2) is 0 Å². The van der Waals surface area contributed by atoms with Gasteiger partial charge in [0.25, 0.3) is 5.91 Å². The minimum Gasteiger partial charge on any atom is -0.768 e. The SMILES string of the molecule is O=C(NCC1CC12CCN(C(=O)Cc1cccc(S(=O)[O-])c1)CC2)c1cc2ccncc2o1. The second kappa shape index (κ2) is 8.72. The fourth-order valence-corrected chi connectivity index (χ4v) is 5.32. The summed E-state index contributed by atoms with van der Waals surface area (Å²) < 4.78 is 27.9. The second-order valence-electron chi connectivity index (χ2n) is 8.94. The summed E-state index contributed by atoms with van der Waals surface area (Å²) in [6.45, 7) is 1.97. The molecule has 2 aromatic heterocycles. The third-order valence-corrected chi connectivity index (χ3v) is 7.61. The first-order valence-corrected chi connectivity index (χ1v) is 12.1. The maximum atomic E-state index is 12.7. The van der Waals surface area contributed by atoms with Crippen molar-refractivity contribution >= 4 is 33.9 Å². The molecule has 172 valence electrons. The van der Waals surface area contributed by atoms with Gasteiger partial charge in [0.1, 0.15) is 0 Å². The highest BCUT2D eigenvalue weighted by Crippen LogP contribution is 2.59. The zero-order valence-electron chi connectivity index (χ0n) is 18.0. The number of carbonyl (C=O) groups is 2. The standard InChI is InChI=1S/C24H25N3O5S/c28-22(11-16-2-1-3-19(10-16)33(30)31)27-8-5-24(6-9-27)13-18(24)14-26-23(29)20-12-17-4-7-25-15-21(17)32-20/h1-4,7,10,12,15,18H,5-6,8-9,11,13-14H2,(H,26,29)(H,30,31)/p-1. The molecule has 1 aliphatic carbocycles. The number of rotatable bonds is 6. The first kappa shape index (κ1) is 21.8. The predicted octanol–water partition coefficient (Wildman–Crippen LogP) is 2.67. The van der Waals surface area contributed by atoms with Crippen LogP contribution in [0.1, 0.15) is 35.4 Å². The summed E-state index contributed by atoms with van der Waals surface area (Å²) in [5.74, 6) is 0.497. The van der Waals surface area contributed by atoms with Gasteiger partial charge in [0, 0.05) is 36.1 Å². The smallest absolute Gasteiger partial charge is 0.287 e. The molecule has 9 heteroatoms. The van der Waals surface area contributed by atoms with Crippen LogP contribution in [0.25, 0.3) is 11.0 Å². The zero-order chi connectivity index (χ0) is 23.0. The molecule has 2 atom stereocenters. The number of aromatic nitrogens is 1. The summed E-state index contributed by atoms with van der Waals surface area (Å²) in [7, 11) is 0. The van der Waals surface area contributed by atoms with Crippen molar-refractivity contribution in [2.75, 3.05) is 19.6 Å². The van der Waals surface area contributed by atoms with Crippen molar-refractivity contribution in [2.45, 2.75) is 30.6 Å². The topological polar surface area (TPSA) is 116 Å². The van der Waals surface area contributed by atoms with E-state index in [4.69, 9.17) is 4.42 Å². The fraction of sp³-hybridized carbons (Fsp3) is 0.375. The number of hydrogen-bond donors (Lipinski definition) is 1. The maximum Gasteiger partial charge on any atom is 0.287 e. The van der Waals surface area contributed by atoms with Crippen molar-refractivity contribution in [1.82, 2.24) is 15.2 Å². The van der Waals surface area contributed by atoms with Crippen molar-refractivity contribution in [3.8, 4) is 0 Å². The first-order chi connectivity index (χ1) is 15.9. The Balaban J connectivity index is 1.10. The Morgan fingerprint density at radius 3 is 2.82 bits per heavy atom. The van der Waals surface area contributed by atoms with E-state index in [0.29, 0.717) is 36.7 Å². The number of pyridine rings is 1. The molecule has 1 N–H and O–H groups in total. The monoisotopic (exact) mass is 466 g/mol. The Morgan fingerprint density at radius 1 is 1.24 bits per heavy atom. The molecule has 5 rings (SSSR count). The van der Waals surface area contributed by atoms with E-state index in [1.807, 2.05) is 11.0 Å². The summed E-state index contributed by atoms with van der Waals surface area (Å²) in [5, 5.41) is 3.84. The van der Waals surface area contributed by atoms with Gasteiger partial charge in [-0.15, -0.1) is 0 Å². The van der Waals surface area contributed by atoms with Crippen molar-refractivity contribution in [2.24, 2.45) is 11.3 Å². The highest BCUT2D eigenvalue weighted by molar-refractivity contribution is 7.79. The van der Waals surface area contributed by atoms with Gasteiger partial charge in [-0.05, 0) is 71.5 Å². The number of amides is 2. The Morgan fingerprint density at radius 2 is 2.06 bits per heavy atom. The molecular formula is C24H24N3O5S-. The van der Waals surface area contributed by atoms with E-state index < -0.39 is 11.1 Å². The number of nitrogens with one attached hydrogen (secondary N) is 1. The molecule has 2 aliphatic rings. The minimum absolute atomic E-state index is 0.0172. The van der Waals surface area contributed by atoms with Gasteiger partial charge >= 0.3 is 0 Å². The summed E-state index contributed by atoms with van der Waals surface area (Å²) in [6, 6.07) is 10.0. The molecule has 0 radical (unpaired) electrons. The van der Waals surface area contributed by atoms with Crippen LogP contribution in [0.2, 0.25) is 0 Å². The van der Waals surface area contributed by atoms with Crippen molar-refractivity contribution in [1.29, 1.82) is 0 Å². The van der Waals surface area contributed by atoms with Crippen LogP contribution in [0.4, 0.5) is 0 Å². The molecule has 2 fully saturated rings. The Hall–Kier alpha value is -3.04. The average molecular weight is 467 g/mol. The van der Waals surface area contributed by atoms with Crippen molar-refractivity contribution < 1.29 is 22.8 Å². The van der Waals surface area contributed by atoms with Crippen LogP contribution in [0.15, 0.2) is 58.1 Å². The highest BCUT2D eigenvalue weighted by Gasteiger charge is 2.54. The number of hydrogen-bond acceptors (Lipinski definition) is 6. The van der Waals surface area contributed by atoms with E-state index in [9.17, 15) is 18.4 Å². The summed E-state index contributed by atoms with van der Waals surface area (Å²) >= 11 is -2.30. The largest absolute Gasteiger partial charge is 0.768 e. The normalized spacial score (nSPS) is 20.0. The van der Waals surface area contributed by atoms with Crippen molar-refractivity contribution in [3.63, 3.8) is 0 Å². The minimum atomic E-state index is -2.30. The maximum absolute atomic E-state index is 12.7. The van der Waals surface area contributed by atoms with Crippen LogP contribution < -0.4 is 5.32 Å². The summed E-state index contributed by atoms with van der Waals surface area (Å²) in [5.41, 5.74) is 1.49. The first-order valence-electron chi connectivity index (χ1n) is 11.0. The lowest BCUT2D eigenvalue weighted by Gasteiger charge is -2.33. The van der Waals surface area contributed by atoms with E-state index in [0.717, 1.165) is 24.6 Å². The van der Waals surface area contributed by atoms with E-state index in [1.165, 1.54) is 6.07 Å². The molecule has 1 aromatic carbocycles. The molecule has 1 aliphatic heterocycles. The van der Waals surface area contributed by atoms with Gasteiger partial charge in [0.05, 0.1) is 12.6 Å². The molecule has 0 bridgehead atoms. The third kappa shape index (κ3) is 4.56. The van der Waals surface area contributed by atoms with Gasteiger partial charge in [-0.2, -0.15) is 0 Å². The third-order valence-electron chi connectivity index (χ3n) is 6.97. The van der Waals surface area contributed by atoms with Crippen LogP contribution >= 0.6 is 0 Å². The van der Waals surface area contributed by atoms with E-state index in [1.54, 1.807) is 36.7 Å². The number of furan rings is 1. The number of benzene rings is 1. The zero-order valence-corrected chi connectivity index (χ0v) is 18.8. The number of nitrogens with zero attached hydrogens (tertiary/aromatic N) is 2. The summed E-state index contributed by atoms with van der Waals surface area (Å²) in [6.07, 6.45) is 6.34. The Labute approximate surface area is 193 Å². The number of fused-ring (bicyclic) bond motifs is 1. The second-order valence-corrected chi connectivity index (χ2v) is 9.88. The van der Waals surface area contributed by atoms with Gasteiger partial charge < -0.3 is 19.2 Å². The molecule has 2 unspecified atom stereocenters. The van der Waals surface area contributed by atoms with E-state index in [-0.39, 0.29) is 34.3 Å². The molecule has 33 heavy (non-hydrogen) atoms. The molecule has 1 spiro atoms. The van der Waals surface area contributed by atoms with E-state index >= 15 is 0 Å². The number of likely N-dealkylation sites (tertiary alicyclic amines) is 1. The van der Waals surface area contributed by atoms with Gasteiger partial charge in [-0.3, -0.25) is 18.8 Å². The molecule has 1 saturated carbocycles. The van der Waals surface area contributed by atoms with Crippen LogP contribution in [0.3, 0.4) is 0 Å². The number of piperidine rings is 1. The predicted molar refractivity (Wildman–Crippen MR) is 120 cm³/mol. The molecule has 3 heterocycles. The molecule has 3 aromatic rings. The quantitative estimate of drug-likeness (QED) is 0.559. The Kier molecular flexibility index (Phi) is 5.76. The van der Waals surface area contributed by atoms with Crippen LogP contribution in [0, 0.1) is 11.3 Å². The van der Waals surface area contributed by atoms with Gasteiger partial charge in [-0.1, -0.05) is 12.1 Å². The molecular weight excluding hydrogens is 442 g/mol. The lowest BCUT2D eigenvalue weighted by Crippen LogP contribution is -2.41. The van der Waals surface area contributed by atoms with Crippen LogP contribution in [0.5, 0.6) is 0 Å². The molecule has 2 amide bonds. The fourth-order valence-electron chi connectivity index (χ4n) is 4.88. The van der Waals surface area contributed by atoms with Gasteiger partial charge in [0.15, 0.2) is 11.3 Å². The summed E-state index contributed by atoms with van der Waals surface area (Å²) in [4.78, 5) is 31.2. The lowest BCUT2D eigenvalue weighted by atomic mass is 9.90. The number of carbonyl (C=O) groups excluding carboxylic acids is 2. The molecule has 1 saturated heterocycles. The van der Waals surface area contributed by atoms with E-state index in [2.05, 4.69) is 10.3 Å². The lowest BCUT2D eigenvalue weighted by molar-refractivity contribution is -0.132. The van der Waals surface area contributed by atoms with Crippen LogP contribution in [-0.2, 0) is 22.3 Å². The van der Waals surface area contributed by atoms with Gasteiger partial charge in [0.2, 0.25) is 5.91 Å². The Bertz CT molecular complexity index is 1200. The van der Waals surface area contributed by atoms with Crippen LogP contribution in [-0.4, -0.2) is 50.1 Å².